The van der Waals surface area contributed by atoms with Crippen molar-refractivity contribution in [2.75, 3.05) is 6.61 Å². The molecular formula is C20H23NO7. The summed E-state index contributed by atoms with van der Waals surface area (Å²) in [6.45, 7) is 3.54. The summed E-state index contributed by atoms with van der Waals surface area (Å²) in [5.41, 5.74) is 1.09. The number of furan rings is 1. The lowest BCUT2D eigenvalue weighted by Crippen LogP contribution is -2.67. The number of carbonyl (C=O) groups excluding carboxylic acids is 1. The third kappa shape index (κ3) is 3.90. The molecular weight excluding hydrogens is 366 g/mol. The minimum atomic E-state index is -1.06. The normalized spacial score (nSPS) is 32.4. The lowest BCUT2D eigenvalue weighted by atomic mass is 9.96. The van der Waals surface area contributed by atoms with Gasteiger partial charge in [0.05, 0.1) is 12.9 Å². The predicted molar refractivity (Wildman–Crippen MR) is 96.4 cm³/mol. The van der Waals surface area contributed by atoms with Gasteiger partial charge in [0.25, 0.3) is 0 Å². The second-order valence-corrected chi connectivity index (χ2v) is 6.97. The molecule has 2 aromatic rings. The summed E-state index contributed by atoms with van der Waals surface area (Å²) >= 11 is 0. The largest absolute Gasteiger partial charge is 0.464 e. The molecule has 4 rings (SSSR count). The lowest BCUT2D eigenvalue weighted by molar-refractivity contribution is -0.336. The molecule has 150 valence electrons. The number of aryl methyl sites for hydroxylation is 1. The van der Waals surface area contributed by atoms with Gasteiger partial charge in [-0.05, 0) is 31.2 Å². The predicted octanol–water partition coefficient (Wildman–Crippen LogP) is 1.67. The molecule has 1 aromatic heterocycles. The van der Waals surface area contributed by atoms with Crippen LogP contribution in [0.15, 0.2) is 47.1 Å². The van der Waals surface area contributed by atoms with Gasteiger partial charge in [-0.1, -0.05) is 17.7 Å². The van der Waals surface area contributed by atoms with Crippen molar-refractivity contribution in [1.29, 1.82) is 0 Å². The number of nitrogens with one attached hydrogen (secondary N) is 1. The monoisotopic (exact) mass is 389 g/mol. The van der Waals surface area contributed by atoms with Crippen molar-refractivity contribution in [2.24, 2.45) is 0 Å². The highest BCUT2D eigenvalue weighted by Gasteiger charge is 2.51. The minimum absolute atomic E-state index is 0.188. The molecule has 1 amide bonds. The third-order valence-corrected chi connectivity index (χ3v) is 4.78. The number of aliphatic hydroxyl groups excluding tert-OH is 1. The maximum absolute atomic E-state index is 11.7. The van der Waals surface area contributed by atoms with E-state index in [2.05, 4.69) is 5.32 Å². The van der Waals surface area contributed by atoms with E-state index in [1.165, 1.54) is 13.2 Å². The molecule has 0 saturated carbocycles. The molecule has 3 heterocycles. The summed E-state index contributed by atoms with van der Waals surface area (Å²) in [7, 11) is 0. The number of carbonyl (C=O) groups is 1. The van der Waals surface area contributed by atoms with E-state index in [1.807, 2.05) is 31.2 Å². The zero-order valence-electron chi connectivity index (χ0n) is 15.6. The Hall–Kier alpha value is -2.39. The first-order valence-corrected chi connectivity index (χ1v) is 9.15. The highest BCUT2D eigenvalue weighted by Crippen LogP contribution is 2.35. The number of benzene rings is 1. The van der Waals surface area contributed by atoms with Crippen molar-refractivity contribution in [3.63, 3.8) is 0 Å². The van der Waals surface area contributed by atoms with Crippen LogP contribution in [0.1, 0.15) is 24.5 Å². The molecule has 8 heteroatoms. The fraction of sp³-hybridized carbons (Fsp3) is 0.450. The smallest absolute Gasteiger partial charge is 0.223 e. The van der Waals surface area contributed by atoms with E-state index in [-0.39, 0.29) is 12.5 Å². The van der Waals surface area contributed by atoms with Crippen molar-refractivity contribution >= 4 is 5.91 Å². The van der Waals surface area contributed by atoms with Gasteiger partial charge in [0.1, 0.15) is 30.1 Å². The van der Waals surface area contributed by atoms with Crippen molar-refractivity contribution in [3.05, 3.63) is 54.0 Å². The Kier molecular flexibility index (Phi) is 5.36. The van der Waals surface area contributed by atoms with Gasteiger partial charge in [-0.15, -0.1) is 0 Å². The van der Waals surface area contributed by atoms with Gasteiger partial charge in [0.15, 0.2) is 5.76 Å². The van der Waals surface area contributed by atoms with E-state index in [9.17, 15) is 9.90 Å². The Morgan fingerprint density at radius 3 is 2.68 bits per heavy atom. The molecule has 2 aliphatic rings. The summed E-state index contributed by atoms with van der Waals surface area (Å²) in [5, 5.41) is 13.6. The Labute approximate surface area is 162 Å². The molecule has 6 atom stereocenters. The summed E-state index contributed by atoms with van der Waals surface area (Å²) in [5.74, 6) is 0.765. The van der Waals surface area contributed by atoms with E-state index < -0.39 is 36.9 Å². The molecule has 0 bridgehead atoms. The van der Waals surface area contributed by atoms with Crippen LogP contribution in [-0.4, -0.2) is 48.3 Å². The first-order chi connectivity index (χ1) is 13.5. The molecule has 2 N–H and O–H groups in total. The van der Waals surface area contributed by atoms with E-state index >= 15 is 0 Å². The maximum atomic E-state index is 11.7. The van der Waals surface area contributed by atoms with Crippen molar-refractivity contribution in [3.8, 4) is 5.75 Å². The molecule has 2 saturated heterocycles. The number of ether oxygens (including phenoxy) is 4. The molecule has 0 spiro atoms. The fourth-order valence-corrected chi connectivity index (χ4v) is 3.40. The van der Waals surface area contributed by atoms with Gasteiger partial charge < -0.3 is 33.8 Å². The number of rotatable bonds is 4. The van der Waals surface area contributed by atoms with E-state index in [1.54, 1.807) is 12.1 Å². The van der Waals surface area contributed by atoms with Gasteiger partial charge in [-0.3, -0.25) is 4.79 Å². The summed E-state index contributed by atoms with van der Waals surface area (Å²) in [6, 6.07) is 10.1. The lowest BCUT2D eigenvalue weighted by Gasteiger charge is -2.47. The van der Waals surface area contributed by atoms with Crippen LogP contribution in [0.4, 0.5) is 0 Å². The maximum Gasteiger partial charge on any atom is 0.223 e. The van der Waals surface area contributed by atoms with Crippen LogP contribution in [0.2, 0.25) is 0 Å². The first-order valence-electron chi connectivity index (χ1n) is 9.15. The SMILES string of the molecule is CC(=O)N[C@H]1[C@H](Oc2ccc(C)cc2)O[C@H]2CO[C@H](c3ccco3)O[C@@H]2[C@H]1O. The van der Waals surface area contributed by atoms with Gasteiger partial charge in [-0.25, -0.2) is 0 Å². The van der Waals surface area contributed by atoms with Crippen LogP contribution in [0, 0.1) is 6.92 Å². The number of hydrogen-bond acceptors (Lipinski definition) is 7. The summed E-state index contributed by atoms with van der Waals surface area (Å²) in [4.78, 5) is 11.7. The van der Waals surface area contributed by atoms with Crippen molar-refractivity contribution < 1.29 is 33.3 Å². The molecule has 0 radical (unpaired) electrons. The molecule has 8 nitrogen and oxygen atoms in total. The summed E-state index contributed by atoms with van der Waals surface area (Å²) < 4.78 is 28.8. The van der Waals surface area contributed by atoms with Crippen molar-refractivity contribution in [2.45, 2.75) is 50.8 Å². The number of amides is 1. The standard InChI is InChI=1S/C20H23NO7/c1-11-5-7-13(8-6-11)26-20-16(21-12(2)22)17(23)18-15(27-20)10-25-19(28-18)14-4-3-9-24-14/h3-9,15-20,23H,10H2,1-2H3,(H,21,22)/t15-,16+,17-,18-,19-,20+/m0/s1. The van der Waals surface area contributed by atoms with Crippen LogP contribution in [0.5, 0.6) is 5.75 Å². The average Bonchev–Trinajstić information content (AvgIpc) is 3.21. The third-order valence-electron chi connectivity index (χ3n) is 4.78. The Morgan fingerprint density at radius 1 is 1.21 bits per heavy atom. The second kappa shape index (κ2) is 7.92. The van der Waals surface area contributed by atoms with Crippen LogP contribution >= 0.6 is 0 Å². The first kappa shape index (κ1) is 18.9. The van der Waals surface area contributed by atoms with E-state index in [0.29, 0.717) is 11.5 Å². The minimum Gasteiger partial charge on any atom is -0.464 e. The number of fused-ring (bicyclic) bond motifs is 1. The number of aliphatic hydroxyl groups is 1. The molecule has 0 aliphatic carbocycles. The van der Waals surface area contributed by atoms with Gasteiger partial charge in [0.2, 0.25) is 18.5 Å². The van der Waals surface area contributed by atoms with Gasteiger partial charge >= 0.3 is 0 Å². The highest BCUT2D eigenvalue weighted by molar-refractivity contribution is 5.73. The van der Waals surface area contributed by atoms with Crippen molar-refractivity contribution in [1.82, 2.24) is 5.32 Å². The average molecular weight is 389 g/mol. The highest BCUT2D eigenvalue weighted by atomic mass is 16.8. The van der Waals surface area contributed by atoms with Gasteiger partial charge in [-0.2, -0.15) is 0 Å². The molecule has 28 heavy (non-hydrogen) atoms. The topological polar surface area (TPSA) is 99.4 Å². The fourth-order valence-electron chi connectivity index (χ4n) is 3.40. The Morgan fingerprint density at radius 2 is 2.00 bits per heavy atom. The van der Waals surface area contributed by atoms with Crippen LogP contribution in [-0.2, 0) is 19.0 Å². The molecule has 2 aliphatic heterocycles. The Bertz CT molecular complexity index is 791. The molecule has 2 fully saturated rings. The van der Waals surface area contributed by atoms with E-state index in [4.69, 9.17) is 23.4 Å². The summed E-state index contributed by atoms with van der Waals surface area (Å²) in [6.07, 6.45) is -2.44. The van der Waals surface area contributed by atoms with E-state index in [0.717, 1.165) is 5.56 Å². The molecule has 0 unspecified atom stereocenters. The second-order valence-electron chi connectivity index (χ2n) is 6.97. The zero-order valence-corrected chi connectivity index (χ0v) is 15.6. The zero-order chi connectivity index (χ0) is 19.7. The Balaban J connectivity index is 1.53. The molecule has 1 aromatic carbocycles. The van der Waals surface area contributed by atoms with Crippen LogP contribution in [0.25, 0.3) is 0 Å². The quantitative estimate of drug-likeness (QED) is 0.821. The number of hydrogen-bond donors (Lipinski definition) is 2. The van der Waals surface area contributed by atoms with Crippen LogP contribution in [0.3, 0.4) is 0 Å². The van der Waals surface area contributed by atoms with Gasteiger partial charge in [0, 0.05) is 6.92 Å². The van der Waals surface area contributed by atoms with Crippen LogP contribution < -0.4 is 10.1 Å².